The molecular weight excluding hydrogens is 344 g/mol. The molecule has 3 rings (SSSR count). The van der Waals surface area contributed by atoms with Crippen LogP contribution in [-0.4, -0.2) is 11.1 Å². The molecule has 3 aromatic rings. The van der Waals surface area contributed by atoms with Crippen LogP contribution in [0, 0.1) is 0 Å². The summed E-state index contributed by atoms with van der Waals surface area (Å²) in [5.74, 6) is -0.315. The van der Waals surface area contributed by atoms with Crippen LogP contribution in [0.3, 0.4) is 0 Å². The van der Waals surface area contributed by atoms with Crippen molar-refractivity contribution in [1.29, 1.82) is 0 Å². The van der Waals surface area contributed by atoms with Crippen LogP contribution in [0.25, 0.3) is 21.7 Å². The first-order chi connectivity index (χ1) is 9.61. The van der Waals surface area contributed by atoms with Crippen molar-refractivity contribution in [1.82, 2.24) is 0 Å². The number of ketones is 1. The standard InChI is InChI=1S/C15H8BrClO3/c16-7-13(18)11-5-8-6-12(17)9-3-1-2-4-10(9)14(8)20-15(11)19/h1-6H,7H2. The van der Waals surface area contributed by atoms with Gasteiger partial charge in [0.25, 0.3) is 0 Å². The Bertz CT molecular complexity index is 899. The lowest BCUT2D eigenvalue weighted by molar-refractivity contribution is 0.102. The molecule has 0 aliphatic carbocycles. The largest absolute Gasteiger partial charge is 0.422 e. The predicted octanol–water partition coefficient (Wildman–Crippen LogP) is 4.18. The van der Waals surface area contributed by atoms with E-state index >= 15 is 0 Å². The van der Waals surface area contributed by atoms with Crippen molar-refractivity contribution in [2.75, 3.05) is 5.33 Å². The molecule has 0 aliphatic heterocycles. The monoisotopic (exact) mass is 350 g/mol. The molecule has 2 aromatic carbocycles. The molecule has 0 radical (unpaired) electrons. The number of rotatable bonds is 2. The zero-order chi connectivity index (χ0) is 14.3. The van der Waals surface area contributed by atoms with E-state index in [1.54, 1.807) is 6.07 Å². The van der Waals surface area contributed by atoms with Crippen LogP contribution in [0.15, 0.2) is 45.6 Å². The molecule has 20 heavy (non-hydrogen) atoms. The summed E-state index contributed by atoms with van der Waals surface area (Å²) < 4.78 is 5.33. The van der Waals surface area contributed by atoms with Crippen LogP contribution >= 0.6 is 27.5 Å². The summed E-state index contributed by atoms with van der Waals surface area (Å²) in [5.41, 5.74) is -0.156. The number of fused-ring (bicyclic) bond motifs is 3. The van der Waals surface area contributed by atoms with Crippen LogP contribution in [0.1, 0.15) is 10.4 Å². The van der Waals surface area contributed by atoms with Gasteiger partial charge in [-0.25, -0.2) is 4.79 Å². The van der Waals surface area contributed by atoms with Gasteiger partial charge in [-0.2, -0.15) is 0 Å². The fourth-order valence-electron chi connectivity index (χ4n) is 2.17. The van der Waals surface area contributed by atoms with Gasteiger partial charge < -0.3 is 4.42 Å². The first-order valence-electron chi connectivity index (χ1n) is 5.86. The van der Waals surface area contributed by atoms with E-state index in [0.29, 0.717) is 16.0 Å². The van der Waals surface area contributed by atoms with E-state index in [9.17, 15) is 9.59 Å². The maximum atomic E-state index is 11.9. The Morgan fingerprint density at radius 1 is 1.20 bits per heavy atom. The van der Waals surface area contributed by atoms with Gasteiger partial charge >= 0.3 is 5.63 Å². The average Bonchev–Trinajstić information content (AvgIpc) is 2.47. The number of benzene rings is 2. The van der Waals surface area contributed by atoms with Crippen LogP contribution < -0.4 is 5.63 Å². The molecule has 0 saturated carbocycles. The number of alkyl halides is 1. The van der Waals surface area contributed by atoms with E-state index in [1.165, 1.54) is 6.07 Å². The molecule has 0 N–H and O–H groups in total. The molecule has 100 valence electrons. The van der Waals surface area contributed by atoms with Crippen LogP contribution in [0.4, 0.5) is 0 Å². The molecule has 0 atom stereocenters. The lowest BCUT2D eigenvalue weighted by atomic mass is 10.1. The maximum absolute atomic E-state index is 11.9. The summed E-state index contributed by atoms with van der Waals surface area (Å²) in [6.07, 6.45) is 0. The van der Waals surface area contributed by atoms with Crippen molar-refractivity contribution < 1.29 is 9.21 Å². The quantitative estimate of drug-likeness (QED) is 0.301. The number of hydrogen-bond acceptors (Lipinski definition) is 3. The van der Waals surface area contributed by atoms with Gasteiger partial charge in [-0.1, -0.05) is 51.8 Å². The summed E-state index contributed by atoms with van der Waals surface area (Å²) in [5, 5.41) is 2.83. The highest BCUT2D eigenvalue weighted by molar-refractivity contribution is 9.09. The van der Waals surface area contributed by atoms with Crippen molar-refractivity contribution in [2.45, 2.75) is 0 Å². The molecule has 0 amide bonds. The van der Waals surface area contributed by atoms with Crippen molar-refractivity contribution in [3.05, 3.63) is 57.4 Å². The number of carbonyl (C=O) groups excluding carboxylic acids is 1. The van der Waals surface area contributed by atoms with Gasteiger partial charge in [-0.05, 0) is 12.1 Å². The molecule has 0 saturated heterocycles. The summed E-state index contributed by atoms with van der Waals surface area (Å²) >= 11 is 9.28. The minimum absolute atomic E-state index is 0.0284. The molecule has 3 nitrogen and oxygen atoms in total. The Labute approximate surface area is 127 Å². The normalized spacial score (nSPS) is 11.1. The van der Waals surface area contributed by atoms with Crippen molar-refractivity contribution in [2.24, 2.45) is 0 Å². The Morgan fingerprint density at radius 2 is 1.90 bits per heavy atom. The van der Waals surface area contributed by atoms with Gasteiger partial charge in [0.15, 0.2) is 5.78 Å². The van der Waals surface area contributed by atoms with Gasteiger partial charge in [0, 0.05) is 21.2 Å². The van der Waals surface area contributed by atoms with Gasteiger partial charge in [-0.15, -0.1) is 0 Å². The first-order valence-corrected chi connectivity index (χ1v) is 7.36. The third-order valence-electron chi connectivity index (χ3n) is 3.11. The predicted molar refractivity (Wildman–Crippen MR) is 83.1 cm³/mol. The summed E-state index contributed by atoms with van der Waals surface area (Å²) in [7, 11) is 0. The molecule has 0 unspecified atom stereocenters. The highest BCUT2D eigenvalue weighted by atomic mass is 79.9. The second kappa shape index (κ2) is 5.04. The number of Topliss-reactive ketones (excluding diaryl/α,β-unsaturated/α-hetero) is 1. The average molecular weight is 352 g/mol. The van der Waals surface area contributed by atoms with Gasteiger partial charge in [-0.3, -0.25) is 4.79 Å². The van der Waals surface area contributed by atoms with E-state index in [1.807, 2.05) is 24.3 Å². The molecule has 1 heterocycles. The minimum atomic E-state index is -0.630. The topological polar surface area (TPSA) is 47.3 Å². The number of halogens is 2. The summed E-state index contributed by atoms with van der Waals surface area (Å²) in [6.45, 7) is 0. The lowest BCUT2D eigenvalue weighted by Gasteiger charge is -2.05. The molecule has 0 spiro atoms. The third-order valence-corrected chi connectivity index (χ3v) is 3.93. The van der Waals surface area contributed by atoms with Crippen molar-refractivity contribution >= 4 is 55.1 Å². The van der Waals surface area contributed by atoms with Crippen LogP contribution in [-0.2, 0) is 0 Å². The Morgan fingerprint density at radius 3 is 2.60 bits per heavy atom. The molecule has 0 aliphatic rings. The highest BCUT2D eigenvalue weighted by Gasteiger charge is 2.14. The third kappa shape index (κ3) is 2.05. The highest BCUT2D eigenvalue weighted by Crippen LogP contribution is 2.31. The van der Waals surface area contributed by atoms with Crippen LogP contribution in [0.5, 0.6) is 0 Å². The molecular formula is C15H8BrClO3. The summed E-state index contributed by atoms with van der Waals surface area (Å²) in [6, 6.07) is 10.6. The number of carbonyl (C=O) groups is 1. The zero-order valence-electron chi connectivity index (χ0n) is 10.2. The van der Waals surface area contributed by atoms with Crippen molar-refractivity contribution in [3.63, 3.8) is 0 Å². The molecule has 0 fully saturated rings. The van der Waals surface area contributed by atoms with Gasteiger partial charge in [0.05, 0.1) is 5.33 Å². The fraction of sp³-hybridized carbons (Fsp3) is 0.0667. The number of hydrogen-bond donors (Lipinski definition) is 0. The fourth-order valence-corrected chi connectivity index (χ4v) is 2.76. The van der Waals surface area contributed by atoms with Gasteiger partial charge in [0.1, 0.15) is 11.1 Å². The molecule has 1 aromatic heterocycles. The van der Waals surface area contributed by atoms with E-state index in [-0.39, 0.29) is 16.7 Å². The van der Waals surface area contributed by atoms with Gasteiger partial charge in [0.2, 0.25) is 0 Å². The second-order valence-corrected chi connectivity index (χ2v) is 5.29. The van der Waals surface area contributed by atoms with E-state index in [2.05, 4.69) is 15.9 Å². The van der Waals surface area contributed by atoms with E-state index in [4.69, 9.17) is 16.0 Å². The zero-order valence-corrected chi connectivity index (χ0v) is 12.5. The first kappa shape index (κ1) is 13.3. The molecule has 5 heteroatoms. The Balaban J connectivity index is 2.46. The van der Waals surface area contributed by atoms with Crippen molar-refractivity contribution in [3.8, 4) is 0 Å². The lowest BCUT2D eigenvalue weighted by Crippen LogP contribution is -2.14. The smallest absolute Gasteiger partial charge is 0.347 e. The van der Waals surface area contributed by atoms with E-state index in [0.717, 1.165) is 10.8 Å². The van der Waals surface area contributed by atoms with Crippen LogP contribution in [0.2, 0.25) is 5.02 Å². The summed E-state index contributed by atoms with van der Waals surface area (Å²) in [4.78, 5) is 23.6. The SMILES string of the molecule is O=C(CBr)c1cc2cc(Cl)c3ccccc3c2oc1=O. The Kier molecular flexibility index (Phi) is 3.36. The minimum Gasteiger partial charge on any atom is -0.422 e. The Hall–Kier alpha value is -1.65. The maximum Gasteiger partial charge on any atom is 0.347 e. The second-order valence-electron chi connectivity index (χ2n) is 4.33. The van der Waals surface area contributed by atoms with E-state index < -0.39 is 5.63 Å². The molecule has 0 bridgehead atoms.